The van der Waals surface area contributed by atoms with Crippen LogP contribution in [-0.2, 0) is 0 Å². The first kappa shape index (κ1) is 15.1. The highest BCUT2D eigenvalue weighted by Gasteiger charge is 2.27. The van der Waals surface area contributed by atoms with Crippen molar-refractivity contribution in [3.05, 3.63) is 33.9 Å². The molecule has 104 valence electrons. The van der Waals surface area contributed by atoms with Gasteiger partial charge in [-0.3, -0.25) is 14.9 Å². The molecule has 5 heteroatoms. The van der Waals surface area contributed by atoms with Gasteiger partial charge in [0.05, 0.1) is 4.92 Å². The number of hydrogen-bond donors (Lipinski definition) is 0. The van der Waals surface area contributed by atoms with Gasteiger partial charge in [-0.1, -0.05) is 6.92 Å². The van der Waals surface area contributed by atoms with E-state index in [1.54, 1.807) is 12.1 Å². The minimum atomic E-state index is -0.440. The lowest BCUT2D eigenvalue weighted by Gasteiger charge is -2.36. The zero-order chi connectivity index (χ0) is 14.8. The normalized spacial score (nSPS) is 11.2. The third-order valence-corrected chi connectivity index (χ3v) is 3.71. The van der Waals surface area contributed by atoms with Gasteiger partial charge in [-0.05, 0) is 39.3 Å². The number of rotatable bonds is 5. The van der Waals surface area contributed by atoms with Crippen LogP contribution in [-0.4, -0.2) is 23.3 Å². The lowest BCUT2D eigenvalue weighted by molar-refractivity contribution is -0.384. The standard InChI is InChI=1S/C14H20N2O3/c1-6-14(3,4)15(5)12-8-7-11(10(2)17)9-13(12)16(18)19/h7-9H,6H2,1-5H3. The molecule has 0 heterocycles. The summed E-state index contributed by atoms with van der Waals surface area (Å²) in [4.78, 5) is 23.9. The quantitative estimate of drug-likeness (QED) is 0.464. The largest absolute Gasteiger partial charge is 0.364 e. The molecule has 5 nitrogen and oxygen atoms in total. The van der Waals surface area contributed by atoms with Crippen molar-refractivity contribution in [3.8, 4) is 0 Å². The zero-order valence-electron chi connectivity index (χ0n) is 12.1. The summed E-state index contributed by atoms with van der Waals surface area (Å²) < 4.78 is 0. The molecular weight excluding hydrogens is 244 g/mol. The summed E-state index contributed by atoms with van der Waals surface area (Å²) in [5.74, 6) is -0.174. The number of hydrogen-bond acceptors (Lipinski definition) is 4. The van der Waals surface area contributed by atoms with Crippen LogP contribution in [0.15, 0.2) is 18.2 Å². The van der Waals surface area contributed by atoms with Gasteiger partial charge in [0.25, 0.3) is 5.69 Å². The van der Waals surface area contributed by atoms with Crippen LogP contribution in [0.1, 0.15) is 44.5 Å². The Labute approximate surface area is 113 Å². The minimum Gasteiger partial charge on any atom is -0.364 e. The van der Waals surface area contributed by atoms with E-state index in [1.165, 1.54) is 13.0 Å². The molecule has 0 aliphatic rings. The van der Waals surface area contributed by atoms with E-state index < -0.39 is 4.92 Å². The topological polar surface area (TPSA) is 63.5 Å². The zero-order valence-corrected chi connectivity index (χ0v) is 12.1. The molecule has 0 radical (unpaired) electrons. The molecule has 0 aliphatic heterocycles. The van der Waals surface area contributed by atoms with E-state index in [-0.39, 0.29) is 17.0 Å². The number of nitrogens with zero attached hydrogens (tertiary/aromatic N) is 2. The Balaban J connectivity index is 3.36. The third-order valence-electron chi connectivity index (χ3n) is 3.71. The molecule has 1 aromatic rings. The molecule has 1 aromatic carbocycles. The van der Waals surface area contributed by atoms with Crippen molar-refractivity contribution in [2.45, 2.75) is 39.7 Å². The summed E-state index contributed by atoms with van der Waals surface area (Å²) >= 11 is 0. The first-order chi connectivity index (χ1) is 8.70. The van der Waals surface area contributed by atoms with Gasteiger partial charge in [0.1, 0.15) is 5.69 Å². The fraction of sp³-hybridized carbons (Fsp3) is 0.500. The first-order valence-corrected chi connectivity index (χ1v) is 6.24. The molecule has 19 heavy (non-hydrogen) atoms. The molecular formula is C14H20N2O3. The number of benzene rings is 1. The molecule has 0 aromatic heterocycles. The van der Waals surface area contributed by atoms with Crippen LogP contribution in [0.3, 0.4) is 0 Å². The smallest absolute Gasteiger partial charge is 0.293 e. The molecule has 0 saturated heterocycles. The fourth-order valence-electron chi connectivity index (χ4n) is 1.74. The number of ketones is 1. The minimum absolute atomic E-state index is 0.0308. The van der Waals surface area contributed by atoms with Crippen molar-refractivity contribution < 1.29 is 9.72 Å². The van der Waals surface area contributed by atoms with Crippen molar-refractivity contribution in [3.63, 3.8) is 0 Å². The summed E-state index contributed by atoms with van der Waals surface area (Å²) in [6.07, 6.45) is 0.856. The van der Waals surface area contributed by atoms with Gasteiger partial charge in [-0.2, -0.15) is 0 Å². The molecule has 0 saturated carbocycles. The highest BCUT2D eigenvalue weighted by molar-refractivity contribution is 5.95. The Kier molecular flexibility index (Phi) is 4.29. The predicted octanol–water partition coefficient (Wildman–Crippen LogP) is 3.42. The monoisotopic (exact) mass is 264 g/mol. The van der Waals surface area contributed by atoms with E-state index >= 15 is 0 Å². The van der Waals surface area contributed by atoms with Crippen LogP contribution in [0.5, 0.6) is 0 Å². The van der Waals surface area contributed by atoms with Crippen LogP contribution in [0.2, 0.25) is 0 Å². The van der Waals surface area contributed by atoms with Crippen molar-refractivity contribution >= 4 is 17.2 Å². The van der Waals surface area contributed by atoms with Gasteiger partial charge in [-0.25, -0.2) is 0 Å². The highest BCUT2D eigenvalue weighted by atomic mass is 16.6. The molecule has 0 N–H and O–H groups in total. The van der Waals surface area contributed by atoms with Crippen molar-refractivity contribution in [2.75, 3.05) is 11.9 Å². The van der Waals surface area contributed by atoms with Crippen molar-refractivity contribution in [1.29, 1.82) is 0 Å². The molecule has 0 fully saturated rings. The van der Waals surface area contributed by atoms with E-state index in [1.807, 2.05) is 32.7 Å². The average Bonchev–Trinajstić information content (AvgIpc) is 2.36. The molecule has 0 amide bonds. The Hall–Kier alpha value is -1.91. The van der Waals surface area contributed by atoms with E-state index in [0.717, 1.165) is 6.42 Å². The lowest BCUT2D eigenvalue weighted by atomic mass is 9.98. The average molecular weight is 264 g/mol. The summed E-state index contributed by atoms with van der Waals surface area (Å²) in [5, 5.41) is 11.2. The third kappa shape index (κ3) is 3.10. The van der Waals surface area contributed by atoms with Gasteiger partial charge in [0.2, 0.25) is 0 Å². The Bertz CT molecular complexity index is 509. The van der Waals surface area contributed by atoms with Crippen LogP contribution in [0, 0.1) is 10.1 Å². The van der Waals surface area contributed by atoms with Crippen LogP contribution >= 0.6 is 0 Å². The Morgan fingerprint density at radius 2 is 2.00 bits per heavy atom. The number of carbonyl (C=O) groups excluding carboxylic acids is 1. The maximum atomic E-state index is 11.3. The van der Waals surface area contributed by atoms with E-state index in [2.05, 4.69) is 0 Å². The molecule has 0 spiro atoms. The summed E-state index contributed by atoms with van der Waals surface area (Å²) in [6.45, 7) is 7.48. The van der Waals surface area contributed by atoms with E-state index in [9.17, 15) is 14.9 Å². The molecule has 1 rings (SSSR count). The van der Waals surface area contributed by atoms with E-state index in [0.29, 0.717) is 11.3 Å². The van der Waals surface area contributed by atoms with Gasteiger partial charge < -0.3 is 4.90 Å². The fourth-order valence-corrected chi connectivity index (χ4v) is 1.74. The molecule has 0 aliphatic carbocycles. The number of anilines is 1. The second kappa shape index (κ2) is 5.38. The Morgan fingerprint density at radius 3 is 2.42 bits per heavy atom. The van der Waals surface area contributed by atoms with Gasteiger partial charge >= 0.3 is 0 Å². The van der Waals surface area contributed by atoms with Gasteiger partial charge in [-0.15, -0.1) is 0 Å². The predicted molar refractivity (Wildman–Crippen MR) is 75.9 cm³/mol. The first-order valence-electron chi connectivity index (χ1n) is 6.24. The van der Waals surface area contributed by atoms with Gasteiger partial charge in [0, 0.05) is 24.2 Å². The molecule has 0 atom stereocenters. The Morgan fingerprint density at radius 1 is 1.42 bits per heavy atom. The van der Waals surface area contributed by atoms with Crippen molar-refractivity contribution in [2.24, 2.45) is 0 Å². The molecule has 0 bridgehead atoms. The van der Waals surface area contributed by atoms with Gasteiger partial charge in [0.15, 0.2) is 5.78 Å². The summed E-state index contributed by atoms with van der Waals surface area (Å²) in [7, 11) is 1.83. The maximum absolute atomic E-state index is 11.3. The number of nitro groups is 1. The number of nitro benzene ring substituents is 1. The van der Waals surface area contributed by atoms with Crippen molar-refractivity contribution in [1.82, 2.24) is 0 Å². The van der Waals surface area contributed by atoms with E-state index in [4.69, 9.17) is 0 Å². The molecule has 0 unspecified atom stereocenters. The maximum Gasteiger partial charge on any atom is 0.293 e. The number of carbonyl (C=O) groups is 1. The van der Waals surface area contributed by atoms with Crippen LogP contribution in [0.4, 0.5) is 11.4 Å². The lowest BCUT2D eigenvalue weighted by Crippen LogP contribution is -2.40. The summed E-state index contributed by atoms with van der Waals surface area (Å²) in [6, 6.07) is 4.62. The second-order valence-corrected chi connectivity index (χ2v) is 5.24. The SMILES string of the molecule is CCC(C)(C)N(C)c1ccc(C(C)=O)cc1[N+](=O)[O-]. The second-order valence-electron chi connectivity index (χ2n) is 5.24. The van der Waals surface area contributed by atoms with Crippen LogP contribution in [0.25, 0.3) is 0 Å². The van der Waals surface area contributed by atoms with Crippen LogP contribution < -0.4 is 4.90 Å². The summed E-state index contributed by atoms with van der Waals surface area (Å²) in [5.41, 5.74) is 0.666. The number of Topliss-reactive ketones (excluding diaryl/α,β-unsaturated/α-hetero) is 1. The highest BCUT2D eigenvalue weighted by Crippen LogP contribution is 2.33.